The Balaban J connectivity index is 1.66. The normalized spacial score (nSPS) is 11.3. The summed E-state index contributed by atoms with van der Waals surface area (Å²) in [7, 11) is 0. The van der Waals surface area contributed by atoms with Crippen LogP contribution in [0.2, 0.25) is 0 Å². The molecule has 0 spiro atoms. The lowest BCUT2D eigenvalue weighted by atomic mass is 10.0. The zero-order chi connectivity index (χ0) is 18.4. The van der Waals surface area contributed by atoms with Gasteiger partial charge in [0.15, 0.2) is 0 Å². The van der Waals surface area contributed by atoms with Gasteiger partial charge in [0.2, 0.25) is 0 Å². The number of thiophene rings is 5. The second-order valence-corrected chi connectivity index (χ2v) is 10.9. The summed E-state index contributed by atoms with van der Waals surface area (Å²) in [5.74, 6) is 0. The van der Waals surface area contributed by atoms with E-state index in [1.807, 2.05) is 56.7 Å². The summed E-state index contributed by atoms with van der Waals surface area (Å²) in [5.41, 5.74) is 6.90. The Morgan fingerprint density at radius 1 is 0.556 bits per heavy atom. The van der Waals surface area contributed by atoms with Crippen molar-refractivity contribution >= 4 is 56.7 Å². The van der Waals surface area contributed by atoms with Crippen LogP contribution in [0.1, 0.15) is 11.1 Å². The van der Waals surface area contributed by atoms with Gasteiger partial charge in [-0.15, -0.1) is 56.7 Å². The van der Waals surface area contributed by atoms with Crippen molar-refractivity contribution in [2.45, 2.75) is 13.8 Å². The molecule has 134 valence electrons. The average Bonchev–Trinajstić information content (AvgIpc) is 3.47. The molecular weight excluding hydrogens is 425 g/mol. The van der Waals surface area contributed by atoms with Crippen molar-refractivity contribution in [1.82, 2.24) is 0 Å². The van der Waals surface area contributed by atoms with Gasteiger partial charge in [-0.1, -0.05) is 6.07 Å². The zero-order valence-corrected chi connectivity index (χ0v) is 18.9. The molecule has 0 atom stereocenters. The van der Waals surface area contributed by atoms with Crippen molar-refractivity contribution in [3.8, 4) is 41.1 Å². The van der Waals surface area contributed by atoms with Gasteiger partial charge < -0.3 is 0 Å². The van der Waals surface area contributed by atoms with E-state index in [0.717, 1.165) is 0 Å². The van der Waals surface area contributed by atoms with Crippen molar-refractivity contribution < 1.29 is 0 Å². The first-order valence-corrected chi connectivity index (χ1v) is 13.0. The van der Waals surface area contributed by atoms with E-state index in [2.05, 4.69) is 71.1 Å². The van der Waals surface area contributed by atoms with E-state index in [0.29, 0.717) is 0 Å². The highest BCUT2D eigenvalue weighted by Crippen LogP contribution is 2.49. The third-order valence-corrected chi connectivity index (χ3v) is 9.84. The van der Waals surface area contributed by atoms with E-state index < -0.39 is 0 Å². The quantitative estimate of drug-likeness (QED) is 0.261. The summed E-state index contributed by atoms with van der Waals surface area (Å²) in [6.45, 7) is 4.45. The molecule has 0 aliphatic heterocycles. The maximum absolute atomic E-state index is 2.29. The number of aryl methyl sites for hydroxylation is 1. The molecule has 0 aliphatic rings. The van der Waals surface area contributed by atoms with Crippen LogP contribution in [-0.2, 0) is 0 Å². The minimum absolute atomic E-state index is 1.35. The largest absolute Gasteiger partial charge is 0.144 e. The molecule has 0 amide bonds. The van der Waals surface area contributed by atoms with Crippen molar-refractivity contribution in [3.63, 3.8) is 0 Å². The summed E-state index contributed by atoms with van der Waals surface area (Å²) < 4.78 is 0. The Kier molecular flexibility index (Phi) is 4.66. The van der Waals surface area contributed by atoms with E-state index in [4.69, 9.17) is 0 Å². The number of hydrogen-bond donors (Lipinski definition) is 0. The first-order valence-electron chi connectivity index (χ1n) is 8.56. The fraction of sp³-hybridized carbons (Fsp3) is 0.0909. The Labute approximate surface area is 179 Å². The summed E-state index contributed by atoms with van der Waals surface area (Å²) in [5, 5.41) is 11.1. The summed E-state index contributed by atoms with van der Waals surface area (Å²) in [6, 6.07) is 11.2. The molecule has 5 aromatic rings. The van der Waals surface area contributed by atoms with Crippen LogP contribution in [0.3, 0.4) is 0 Å². The van der Waals surface area contributed by atoms with Crippen LogP contribution in [-0.4, -0.2) is 0 Å². The maximum Gasteiger partial charge on any atom is 0.0532 e. The minimum atomic E-state index is 1.35. The molecule has 5 aromatic heterocycles. The second-order valence-electron chi connectivity index (χ2n) is 6.34. The first-order chi connectivity index (χ1) is 13.2. The predicted octanol–water partition coefficient (Wildman–Crippen LogP) is 9.28. The fourth-order valence-electron chi connectivity index (χ4n) is 3.23. The molecule has 5 heterocycles. The van der Waals surface area contributed by atoms with Crippen molar-refractivity contribution in [3.05, 3.63) is 68.4 Å². The molecule has 5 heteroatoms. The summed E-state index contributed by atoms with van der Waals surface area (Å²) >= 11 is 9.24. The van der Waals surface area contributed by atoms with Crippen LogP contribution in [0.15, 0.2) is 57.2 Å². The Morgan fingerprint density at radius 2 is 1.19 bits per heavy atom. The SMILES string of the molecule is Cc1csc(-c2sccc2-c2sccc2-c2sccc2-c2cccs2)c1C. The Bertz CT molecular complexity index is 1190. The first kappa shape index (κ1) is 17.6. The lowest BCUT2D eigenvalue weighted by Gasteiger charge is -2.07. The highest BCUT2D eigenvalue weighted by Gasteiger charge is 2.20. The predicted molar refractivity (Wildman–Crippen MR) is 127 cm³/mol. The molecule has 0 aliphatic carbocycles. The third kappa shape index (κ3) is 2.98. The van der Waals surface area contributed by atoms with Gasteiger partial charge in [-0.2, -0.15) is 0 Å². The average molecular weight is 441 g/mol. The van der Waals surface area contributed by atoms with Gasteiger partial charge >= 0.3 is 0 Å². The van der Waals surface area contributed by atoms with Crippen molar-refractivity contribution in [1.29, 1.82) is 0 Å². The molecule has 0 fully saturated rings. The third-order valence-electron chi connectivity index (χ3n) is 4.76. The number of rotatable bonds is 4. The molecule has 0 aromatic carbocycles. The lowest BCUT2D eigenvalue weighted by Crippen LogP contribution is -1.80. The standard InChI is InChI=1S/C22H16S5/c1-13-12-27-19(14(13)2)22-17(7-11-26-22)21-16(6-10-25-21)20-15(5-9-24-20)18-4-3-8-23-18/h3-12H,1-2H3. The van der Waals surface area contributed by atoms with Crippen LogP contribution >= 0.6 is 56.7 Å². The smallest absolute Gasteiger partial charge is 0.0532 e. The van der Waals surface area contributed by atoms with Gasteiger partial charge in [0.25, 0.3) is 0 Å². The molecule has 0 nitrogen and oxygen atoms in total. The Hall–Kier alpha value is -1.50. The van der Waals surface area contributed by atoms with Crippen LogP contribution in [0.4, 0.5) is 0 Å². The molecule has 27 heavy (non-hydrogen) atoms. The Morgan fingerprint density at radius 3 is 1.81 bits per heavy atom. The topological polar surface area (TPSA) is 0 Å². The van der Waals surface area contributed by atoms with Gasteiger partial charge in [0.05, 0.1) is 4.88 Å². The molecule has 0 saturated heterocycles. The van der Waals surface area contributed by atoms with Gasteiger partial charge in [0, 0.05) is 36.2 Å². The minimum Gasteiger partial charge on any atom is -0.144 e. The van der Waals surface area contributed by atoms with E-state index >= 15 is 0 Å². The lowest BCUT2D eigenvalue weighted by molar-refractivity contribution is 1.41. The highest BCUT2D eigenvalue weighted by atomic mass is 32.1. The van der Waals surface area contributed by atoms with E-state index in [-0.39, 0.29) is 0 Å². The molecule has 0 bridgehead atoms. The summed E-state index contributed by atoms with van der Waals surface area (Å²) in [4.78, 5) is 6.94. The van der Waals surface area contributed by atoms with Crippen LogP contribution in [0.5, 0.6) is 0 Å². The monoisotopic (exact) mass is 440 g/mol. The van der Waals surface area contributed by atoms with Crippen LogP contribution in [0, 0.1) is 13.8 Å². The van der Waals surface area contributed by atoms with E-state index in [1.165, 1.54) is 52.2 Å². The van der Waals surface area contributed by atoms with E-state index in [1.54, 1.807) is 0 Å². The summed E-state index contributed by atoms with van der Waals surface area (Å²) in [6.07, 6.45) is 0. The zero-order valence-electron chi connectivity index (χ0n) is 14.8. The molecule has 0 radical (unpaired) electrons. The van der Waals surface area contributed by atoms with Crippen LogP contribution < -0.4 is 0 Å². The van der Waals surface area contributed by atoms with Crippen molar-refractivity contribution in [2.24, 2.45) is 0 Å². The highest BCUT2D eigenvalue weighted by molar-refractivity contribution is 7.22. The second kappa shape index (κ2) is 7.15. The molecular formula is C22H16S5. The van der Waals surface area contributed by atoms with Gasteiger partial charge in [-0.25, -0.2) is 0 Å². The van der Waals surface area contributed by atoms with Gasteiger partial charge in [-0.3, -0.25) is 0 Å². The maximum atomic E-state index is 2.29. The molecule has 0 saturated carbocycles. The van der Waals surface area contributed by atoms with Crippen molar-refractivity contribution in [2.75, 3.05) is 0 Å². The van der Waals surface area contributed by atoms with Gasteiger partial charge in [-0.05, 0) is 76.1 Å². The molecule has 5 rings (SSSR count). The molecule has 0 N–H and O–H groups in total. The van der Waals surface area contributed by atoms with Gasteiger partial charge in [0.1, 0.15) is 0 Å². The molecule has 0 unspecified atom stereocenters. The number of hydrogen-bond acceptors (Lipinski definition) is 5. The fourth-order valence-corrected chi connectivity index (χ4v) is 8.27. The van der Waals surface area contributed by atoms with Crippen LogP contribution in [0.25, 0.3) is 41.1 Å². The van der Waals surface area contributed by atoms with E-state index in [9.17, 15) is 0 Å².